The molecule has 1 aromatic heterocycles. The number of nitrogens with zero attached hydrogens (tertiary/aromatic N) is 3. The van der Waals surface area contributed by atoms with Crippen molar-refractivity contribution in [2.45, 2.75) is 63.1 Å². The highest BCUT2D eigenvalue weighted by Crippen LogP contribution is 2.41. The minimum Gasteiger partial charge on any atom is -0.341 e. The molecule has 2 aromatic rings. The number of hydrogen-bond donors (Lipinski definition) is 1. The first-order valence-corrected chi connectivity index (χ1v) is 11.0. The van der Waals surface area contributed by atoms with Crippen molar-refractivity contribution in [3.05, 3.63) is 28.8 Å². The highest BCUT2D eigenvalue weighted by Gasteiger charge is 2.50. The van der Waals surface area contributed by atoms with Crippen molar-refractivity contribution in [1.29, 1.82) is 0 Å². The number of hydrogen-bond acceptors (Lipinski definition) is 3. The molecule has 4 nitrogen and oxygen atoms in total. The van der Waals surface area contributed by atoms with Crippen LogP contribution in [0.4, 0.5) is 13.2 Å². The van der Waals surface area contributed by atoms with Crippen LogP contribution in [0.5, 0.6) is 0 Å². The second kappa shape index (κ2) is 7.43. The Balaban J connectivity index is 1.21. The van der Waals surface area contributed by atoms with Crippen molar-refractivity contribution in [2.75, 3.05) is 19.6 Å². The van der Waals surface area contributed by atoms with E-state index >= 15 is 0 Å². The third-order valence-corrected chi connectivity index (χ3v) is 7.23. The molecular formula is C21H26ClF3N4. The summed E-state index contributed by atoms with van der Waals surface area (Å²) < 4.78 is 43.1. The summed E-state index contributed by atoms with van der Waals surface area (Å²) in [6.07, 6.45) is 5.29. The van der Waals surface area contributed by atoms with Crippen LogP contribution in [-0.2, 0) is 6.54 Å². The summed E-state index contributed by atoms with van der Waals surface area (Å²) in [6.45, 7) is 2.01. The number of aromatic amines is 1. The molecule has 1 N–H and O–H groups in total. The molecule has 158 valence electrons. The Kier molecular flexibility index (Phi) is 5.03. The number of piperidine rings is 1. The first-order valence-electron chi connectivity index (χ1n) is 10.6. The van der Waals surface area contributed by atoms with Gasteiger partial charge in [0.1, 0.15) is 17.2 Å². The van der Waals surface area contributed by atoms with E-state index in [-0.39, 0.29) is 18.6 Å². The zero-order chi connectivity index (χ0) is 20.2. The average molecular weight is 427 g/mol. The van der Waals surface area contributed by atoms with Gasteiger partial charge in [0.2, 0.25) is 0 Å². The lowest BCUT2D eigenvalue weighted by Crippen LogP contribution is -2.70. The molecule has 8 heteroatoms. The number of H-pyrrole nitrogens is 1. The van der Waals surface area contributed by atoms with E-state index in [4.69, 9.17) is 11.6 Å². The molecule has 3 aliphatic heterocycles. The fourth-order valence-electron chi connectivity index (χ4n) is 5.44. The molecule has 4 aliphatic rings. The fraction of sp³-hybridized carbons (Fsp3) is 0.667. The lowest BCUT2D eigenvalue weighted by atomic mass is 9.81. The molecule has 0 spiro atoms. The number of benzene rings is 1. The highest BCUT2D eigenvalue weighted by molar-refractivity contribution is 6.34. The van der Waals surface area contributed by atoms with Gasteiger partial charge in [-0.2, -0.15) is 0 Å². The van der Waals surface area contributed by atoms with Gasteiger partial charge in [-0.05, 0) is 31.4 Å². The van der Waals surface area contributed by atoms with Crippen LogP contribution in [0, 0.1) is 11.7 Å². The second-order valence-electron chi connectivity index (χ2n) is 8.97. The highest BCUT2D eigenvalue weighted by atomic mass is 35.5. The first-order chi connectivity index (χ1) is 13.9. The molecule has 6 rings (SSSR count). The average Bonchev–Trinajstić information content (AvgIpc) is 3.09. The van der Waals surface area contributed by atoms with Gasteiger partial charge in [-0.15, -0.1) is 0 Å². The van der Waals surface area contributed by atoms with Gasteiger partial charge in [0.15, 0.2) is 0 Å². The lowest BCUT2D eigenvalue weighted by Gasteiger charge is -2.57. The van der Waals surface area contributed by atoms with Crippen molar-refractivity contribution < 1.29 is 13.2 Å². The normalized spacial score (nSPS) is 26.8. The Morgan fingerprint density at radius 2 is 1.86 bits per heavy atom. The Morgan fingerprint density at radius 1 is 1.14 bits per heavy atom. The molecule has 0 amide bonds. The topological polar surface area (TPSA) is 35.2 Å². The van der Waals surface area contributed by atoms with Crippen LogP contribution in [0.1, 0.15) is 44.3 Å². The largest absolute Gasteiger partial charge is 0.341 e. The first kappa shape index (κ1) is 19.6. The molecule has 2 atom stereocenters. The molecule has 29 heavy (non-hydrogen) atoms. The van der Waals surface area contributed by atoms with Gasteiger partial charge in [0.05, 0.1) is 23.6 Å². The van der Waals surface area contributed by atoms with Gasteiger partial charge < -0.3 is 4.98 Å². The fourth-order valence-corrected chi connectivity index (χ4v) is 5.69. The smallest absolute Gasteiger partial charge is 0.263 e. The predicted octanol–water partition coefficient (Wildman–Crippen LogP) is 4.83. The van der Waals surface area contributed by atoms with E-state index in [0.29, 0.717) is 35.4 Å². The van der Waals surface area contributed by atoms with E-state index < -0.39 is 17.7 Å². The van der Waals surface area contributed by atoms with Crippen LogP contribution < -0.4 is 0 Å². The summed E-state index contributed by atoms with van der Waals surface area (Å²) in [7, 11) is 0. The summed E-state index contributed by atoms with van der Waals surface area (Å²) in [6, 6.07) is 3.03. The van der Waals surface area contributed by atoms with Crippen molar-refractivity contribution in [3.63, 3.8) is 0 Å². The monoisotopic (exact) mass is 426 g/mol. The summed E-state index contributed by atoms with van der Waals surface area (Å²) in [5.41, 5.74) is 1.15. The quantitative estimate of drug-likeness (QED) is 0.743. The number of rotatable bonds is 5. The van der Waals surface area contributed by atoms with Crippen molar-refractivity contribution in [2.24, 2.45) is 5.92 Å². The van der Waals surface area contributed by atoms with E-state index in [9.17, 15) is 13.2 Å². The Morgan fingerprint density at radius 3 is 2.59 bits per heavy atom. The molecule has 2 unspecified atom stereocenters. The van der Waals surface area contributed by atoms with E-state index in [1.165, 1.54) is 12.1 Å². The Bertz CT molecular complexity index is 883. The summed E-state index contributed by atoms with van der Waals surface area (Å²) in [5, 5.41) is 0.292. The van der Waals surface area contributed by atoms with Crippen LogP contribution in [0.25, 0.3) is 11.0 Å². The standard InChI is InChI=1S/C21H26ClF3N4/c22-17-6-14(23)7-18-20(17)27-19(26-18)11-28-9-15-8-16(10-28)29(15)12-21(24,25)13-4-2-1-3-5-13/h6-7,13,15-16H,1-5,8-12H2,(H,26,27). The third kappa shape index (κ3) is 3.77. The van der Waals surface area contributed by atoms with Crippen LogP contribution in [-0.4, -0.2) is 57.4 Å². The van der Waals surface area contributed by atoms with Crippen molar-refractivity contribution in [3.8, 4) is 0 Å². The predicted molar refractivity (Wildman–Crippen MR) is 107 cm³/mol. The molecule has 1 aromatic carbocycles. The number of fused-ring (bicyclic) bond motifs is 3. The van der Waals surface area contributed by atoms with Crippen LogP contribution >= 0.6 is 11.6 Å². The molecule has 3 saturated heterocycles. The summed E-state index contributed by atoms with van der Waals surface area (Å²) in [4.78, 5) is 11.9. The van der Waals surface area contributed by atoms with Gasteiger partial charge in [-0.25, -0.2) is 18.2 Å². The molecule has 0 radical (unpaired) electrons. The van der Waals surface area contributed by atoms with Crippen LogP contribution in [0.2, 0.25) is 5.02 Å². The zero-order valence-electron chi connectivity index (χ0n) is 16.3. The van der Waals surface area contributed by atoms with E-state index in [0.717, 1.165) is 44.6 Å². The maximum absolute atomic E-state index is 14.8. The van der Waals surface area contributed by atoms with Gasteiger partial charge >= 0.3 is 0 Å². The van der Waals surface area contributed by atoms with Crippen molar-refractivity contribution >= 4 is 22.6 Å². The summed E-state index contributed by atoms with van der Waals surface area (Å²) in [5.74, 6) is -2.70. The Labute approximate surface area is 173 Å². The van der Waals surface area contributed by atoms with Crippen molar-refractivity contribution in [1.82, 2.24) is 19.8 Å². The number of halogens is 4. The Hall–Kier alpha value is -1.31. The molecule has 4 fully saturated rings. The molecule has 2 bridgehead atoms. The summed E-state index contributed by atoms with van der Waals surface area (Å²) >= 11 is 6.08. The zero-order valence-corrected chi connectivity index (χ0v) is 17.1. The second-order valence-corrected chi connectivity index (χ2v) is 9.38. The molecule has 4 heterocycles. The van der Waals surface area contributed by atoms with Gasteiger partial charge in [-0.1, -0.05) is 30.9 Å². The molecular weight excluding hydrogens is 401 g/mol. The van der Waals surface area contributed by atoms with Gasteiger partial charge in [-0.3, -0.25) is 9.80 Å². The van der Waals surface area contributed by atoms with E-state index in [1.807, 2.05) is 4.90 Å². The number of nitrogens with one attached hydrogen (secondary N) is 1. The maximum atomic E-state index is 14.8. The van der Waals surface area contributed by atoms with E-state index in [2.05, 4.69) is 14.9 Å². The molecule has 1 saturated carbocycles. The van der Waals surface area contributed by atoms with Gasteiger partial charge in [0, 0.05) is 31.1 Å². The van der Waals surface area contributed by atoms with E-state index in [1.54, 1.807) is 0 Å². The SMILES string of the molecule is Fc1cc(Cl)c2nc(CN3CC4CC(C3)N4CC(F)(F)C3CCCCC3)[nH]c2c1. The number of aromatic nitrogens is 2. The minimum atomic E-state index is -2.58. The number of imidazole rings is 1. The number of piperazine rings is 1. The number of alkyl halides is 2. The van der Waals surface area contributed by atoms with Crippen LogP contribution in [0.3, 0.4) is 0 Å². The third-order valence-electron chi connectivity index (χ3n) is 6.94. The van der Waals surface area contributed by atoms with Crippen LogP contribution in [0.15, 0.2) is 12.1 Å². The molecule has 1 aliphatic carbocycles. The minimum absolute atomic E-state index is 0.0969. The van der Waals surface area contributed by atoms with Gasteiger partial charge in [0.25, 0.3) is 5.92 Å². The maximum Gasteiger partial charge on any atom is 0.263 e. The lowest BCUT2D eigenvalue weighted by molar-refractivity contribution is -0.154.